The molecule has 0 saturated heterocycles. The lowest BCUT2D eigenvalue weighted by Crippen LogP contribution is -2.10. The molecule has 1 aromatic rings. The molecule has 78 valence electrons. The van der Waals surface area contributed by atoms with Crippen molar-refractivity contribution in [3.63, 3.8) is 0 Å². The Morgan fingerprint density at radius 3 is 2.36 bits per heavy atom. The van der Waals surface area contributed by atoms with Crippen LogP contribution < -0.4 is 0 Å². The number of hydrogen-bond acceptors (Lipinski definition) is 0. The monoisotopic (exact) mass is 270 g/mol. The largest absolute Gasteiger partial charge is 0.419 e. The lowest BCUT2D eigenvalue weighted by Gasteiger charge is -2.10. The molecule has 0 nitrogen and oxygen atoms in total. The van der Waals surface area contributed by atoms with Crippen molar-refractivity contribution in [3.8, 4) is 0 Å². The van der Waals surface area contributed by atoms with Gasteiger partial charge in [0.2, 0.25) is 0 Å². The van der Waals surface area contributed by atoms with Crippen molar-refractivity contribution in [2.75, 3.05) is 5.33 Å². The summed E-state index contributed by atoms with van der Waals surface area (Å²) in [5.41, 5.74) is -1.12. The van der Waals surface area contributed by atoms with E-state index in [1.165, 1.54) is 12.1 Å². The van der Waals surface area contributed by atoms with Gasteiger partial charge in [-0.15, -0.1) is 0 Å². The second kappa shape index (κ2) is 4.29. The molecular weight excluding hydrogens is 264 g/mol. The highest BCUT2D eigenvalue weighted by Gasteiger charge is 2.34. The first-order valence-corrected chi connectivity index (χ1v) is 4.99. The Morgan fingerprint density at radius 2 is 1.86 bits per heavy atom. The Balaban J connectivity index is 3.14. The van der Waals surface area contributed by atoms with Gasteiger partial charge in [0.15, 0.2) is 0 Å². The van der Waals surface area contributed by atoms with E-state index in [2.05, 4.69) is 15.9 Å². The van der Waals surface area contributed by atoms with E-state index in [1.54, 1.807) is 0 Å². The zero-order valence-corrected chi connectivity index (χ0v) is 8.62. The van der Waals surface area contributed by atoms with Crippen LogP contribution in [0.15, 0.2) is 18.2 Å². The molecule has 0 aliphatic rings. The van der Waals surface area contributed by atoms with Crippen LogP contribution in [0.3, 0.4) is 0 Å². The fourth-order valence-corrected chi connectivity index (χ4v) is 1.52. The normalized spacial score (nSPS) is 11.8. The number of rotatable bonds is 2. The fraction of sp³-hybridized carbons (Fsp3) is 0.333. The molecule has 0 fully saturated rings. The summed E-state index contributed by atoms with van der Waals surface area (Å²) in [6, 6.07) is 3.31. The van der Waals surface area contributed by atoms with Crippen LogP contribution in [0.4, 0.5) is 17.6 Å². The van der Waals surface area contributed by atoms with Gasteiger partial charge in [0, 0.05) is 5.33 Å². The number of halogens is 5. The summed E-state index contributed by atoms with van der Waals surface area (Å²) in [7, 11) is 0. The van der Waals surface area contributed by atoms with Crippen LogP contribution in [-0.4, -0.2) is 5.33 Å². The highest BCUT2D eigenvalue weighted by atomic mass is 79.9. The van der Waals surface area contributed by atoms with Gasteiger partial charge in [-0.25, -0.2) is 4.39 Å². The molecule has 1 aromatic carbocycles. The van der Waals surface area contributed by atoms with Crippen LogP contribution in [0.1, 0.15) is 11.1 Å². The SMILES string of the molecule is Fc1c(CCBr)cccc1C(F)(F)F. The van der Waals surface area contributed by atoms with E-state index in [4.69, 9.17) is 0 Å². The highest BCUT2D eigenvalue weighted by Crippen LogP contribution is 2.32. The van der Waals surface area contributed by atoms with Gasteiger partial charge in [-0.1, -0.05) is 28.1 Å². The first-order valence-electron chi connectivity index (χ1n) is 3.87. The maximum atomic E-state index is 13.2. The molecule has 0 aromatic heterocycles. The van der Waals surface area contributed by atoms with E-state index in [1.807, 2.05) is 0 Å². The number of hydrogen-bond donors (Lipinski definition) is 0. The molecule has 0 atom stereocenters. The van der Waals surface area contributed by atoms with Gasteiger partial charge in [0.05, 0.1) is 5.56 Å². The topological polar surface area (TPSA) is 0 Å². The van der Waals surface area contributed by atoms with Crippen molar-refractivity contribution in [1.29, 1.82) is 0 Å². The van der Waals surface area contributed by atoms with Gasteiger partial charge in [0.25, 0.3) is 0 Å². The van der Waals surface area contributed by atoms with Crippen molar-refractivity contribution in [1.82, 2.24) is 0 Å². The molecule has 0 amide bonds. The molecule has 0 aliphatic carbocycles. The molecular formula is C9H7BrF4. The van der Waals surface area contributed by atoms with Crippen molar-refractivity contribution in [3.05, 3.63) is 35.1 Å². The Hall–Kier alpha value is -0.580. The molecule has 0 radical (unpaired) electrons. The summed E-state index contributed by atoms with van der Waals surface area (Å²) in [4.78, 5) is 0. The Labute approximate surface area is 87.1 Å². The summed E-state index contributed by atoms with van der Waals surface area (Å²) in [5.74, 6) is -1.17. The van der Waals surface area contributed by atoms with Gasteiger partial charge in [0.1, 0.15) is 5.82 Å². The standard InChI is InChI=1S/C9H7BrF4/c10-5-4-6-2-1-3-7(8(6)11)9(12,13)14/h1-3H,4-5H2. The average molecular weight is 271 g/mol. The molecule has 0 unspecified atom stereocenters. The van der Waals surface area contributed by atoms with Crippen molar-refractivity contribution < 1.29 is 17.6 Å². The third kappa shape index (κ3) is 2.47. The van der Waals surface area contributed by atoms with Crippen molar-refractivity contribution in [2.24, 2.45) is 0 Å². The minimum Gasteiger partial charge on any atom is -0.206 e. The zero-order chi connectivity index (χ0) is 10.8. The van der Waals surface area contributed by atoms with Gasteiger partial charge in [-0.3, -0.25) is 0 Å². The molecule has 5 heteroatoms. The lowest BCUT2D eigenvalue weighted by molar-refractivity contribution is -0.140. The second-order valence-corrected chi connectivity index (χ2v) is 3.51. The molecule has 1 rings (SSSR count). The first kappa shape index (κ1) is 11.5. The van der Waals surface area contributed by atoms with E-state index < -0.39 is 17.6 Å². The smallest absolute Gasteiger partial charge is 0.206 e. The molecule has 14 heavy (non-hydrogen) atoms. The Morgan fingerprint density at radius 1 is 1.21 bits per heavy atom. The maximum Gasteiger partial charge on any atom is 0.419 e. The zero-order valence-electron chi connectivity index (χ0n) is 7.04. The summed E-state index contributed by atoms with van der Waals surface area (Å²) < 4.78 is 49.9. The quantitative estimate of drug-likeness (QED) is 0.567. The Bertz CT molecular complexity index is 319. The Kier molecular flexibility index (Phi) is 3.53. The molecule has 0 heterocycles. The predicted octanol–water partition coefficient (Wildman–Crippen LogP) is 3.78. The molecule has 0 spiro atoms. The number of alkyl halides is 4. The van der Waals surface area contributed by atoms with Gasteiger partial charge >= 0.3 is 6.18 Å². The predicted molar refractivity (Wildman–Crippen MR) is 48.9 cm³/mol. The van der Waals surface area contributed by atoms with Crippen LogP contribution in [0, 0.1) is 5.82 Å². The number of benzene rings is 1. The first-order chi connectivity index (χ1) is 6.46. The van der Waals surface area contributed by atoms with Gasteiger partial charge < -0.3 is 0 Å². The molecule has 0 N–H and O–H groups in total. The van der Waals surface area contributed by atoms with Crippen LogP contribution in [-0.2, 0) is 12.6 Å². The number of aryl methyl sites for hydroxylation is 1. The minimum absolute atomic E-state index is 0.0803. The van der Waals surface area contributed by atoms with Crippen molar-refractivity contribution >= 4 is 15.9 Å². The van der Waals surface area contributed by atoms with E-state index in [0.717, 1.165) is 6.07 Å². The van der Waals surface area contributed by atoms with E-state index in [-0.39, 0.29) is 12.0 Å². The van der Waals surface area contributed by atoms with Crippen molar-refractivity contribution in [2.45, 2.75) is 12.6 Å². The third-order valence-corrected chi connectivity index (χ3v) is 2.14. The molecule has 0 aliphatic heterocycles. The fourth-order valence-electron chi connectivity index (χ4n) is 1.09. The van der Waals surface area contributed by atoms with Gasteiger partial charge in [-0.2, -0.15) is 13.2 Å². The summed E-state index contributed by atoms with van der Waals surface area (Å²) in [6.45, 7) is 0. The van der Waals surface area contributed by atoms with E-state index in [9.17, 15) is 17.6 Å². The van der Waals surface area contributed by atoms with Crippen LogP contribution in [0.5, 0.6) is 0 Å². The average Bonchev–Trinajstić information content (AvgIpc) is 2.07. The third-order valence-electron chi connectivity index (χ3n) is 1.75. The molecule has 0 bridgehead atoms. The van der Waals surface area contributed by atoms with E-state index >= 15 is 0 Å². The summed E-state index contributed by atoms with van der Waals surface area (Å²) >= 11 is 3.05. The summed E-state index contributed by atoms with van der Waals surface area (Å²) in [5, 5.41) is 0.436. The highest BCUT2D eigenvalue weighted by molar-refractivity contribution is 9.09. The van der Waals surface area contributed by atoms with Crippen LogP contribution in [0.2, 0.25) is 0 Å². The minimum atomic E-state index is -4.62. The summed E-state index contributed by atoms with van der Waals surface area (Å²) in [6.07, 6.45) is -4.37. The van der Waals surface area contributed by atoms with Gasteiger partial charge in [-0.05, 0) is 18.1 Å². The lowest BCUT2D eigenvalue weighted by atomic mass is 10.1. The van der Waals surface area contributed by atoms with Crippen LogP contribution in [0.25, 0.3) is 0 Å². The maximum absolute atomic E-state index is 13.2. The van der Waals surface area contributed by atoms with Crippen LogP contribution >= 0.6 is 15.9 Å². The second-order valence-electron chi connectivity index (χ2n) is 2.72. The molecule has 0 saturated carbocycles. The van der Waals surface area contributed by atoms with E-state index in [0.29, 0.717) is 5.33 Å².